The number of nitrogens with one attached hydrogen (secondary N) is 1. The summed E-state index contributed by atoms with van der Waals surface area (Å²) in [4.78, 5) is 30.5. The number of carbonyl (C=O) groups excluding carboxylic acids is 1. The largest absolute Gasteiger partial charge is 0.478 e. The minimum Gasteiger partial charge on any atom is -0.478 e. The van der Waals surface area contributed by atoms with E-state index in [2.05, 4.69) is 5.32 Å². The van der Waals surface area contributed by atoms with Crippen molar-refractivity contribution < 1.29 is 19.6 Å². The van der Waals surface area contributed by atoms with E-state index in [1.165, 1.54) is 0 Å². The molecule has 0 radical (unpaired) electrons. The number of hydrogen-bond donors (Lipinski definition) is 2. The highest BCUT2D eigenvalue weighted by atomic mass is 16.6. The zero-order valence-electron chi connectivity index (χ0n) is 7.34. The Hall–Kier alpha value is -2.44. The first-order valence-corrected chi connectivity index (χ1v) is 3.78. The molecule has 1 aromatic rings. The number of amides is 1. The maximum Gasteiger partial charge on any atom is 0.338 e. The lowest BCUT2D eigenvalue weighted by Crippen LogP contribution is -2.05. The van der Waals surface area contributed by atoms with Gasteiger partial charge in [0.1, 0.15) is 0 Å². The standard InChI is InChI=1S/C8H6N2O5/c11-4-9-7-2-1-5(10(14)15)3-6(7)8(12)13/h1-4H,(H,9,11)(H,12,13). The summed E-state index contributed by atoms with van der Waals surface area (Å²) < 4.78 is 0. The van der Waals surface area contributed by atoms with Crippen LogP contribution in [-0.4, -0.2) is 22.4 Å². The molecule has 0 heterocycles. The van der Waals surface area contributed by atoms with Gasteiger partial charge in [-0.25, -0.2) is 4.79 Å². The zero-order valence-corrected chi connectivity index (χ0v) is 7.34. The van der Waals surface area contributed by atoms with Crippen molar-refractivity contribution in [3.05, 3.63) is 33.9 Å². The Kier molecular flexibility index (Phi) is 2.97. The third-order valence-electron chi connectivity index (χ3n) is 1.66. The van der Waals surface area contributed by atoms with Gasteiger partial charge in [0.05, 0.1) is 16.2 Å². The van der Waals surface area contributed by atoms with Gasteiger partial charge in [0.25, 0.3) is 5.69 Å². The lowest BCUT2D eigenvalue weighted by Gasteiger charge is -2.03. The maximum atomic E-state index is 10.7. The van der Waals surface area contributed by atoms with Crippen molar-refractivity contribution in [1.29, 1.82) is 0 Å². The quantitative estimate of drug-likeness (QED) is 0.435. The van der Waals surface area contributed by atoms with E-state index in [0.717, 1.165) is 18.2 Å². The number of benzene rings is 1. The van der Waals surface area contributed by atoms with Crippen LogP contribution in [0.1, 0.15) is 10.4 Å². The molecule has 0 saturated carbocycles. The molecule has 1 aromatic carbocycles. The van der Waals surface area contributed by atoms with Crippen LogP contribution in [-0.2, 0) is 4.79 Å². The van der Waals surface area contributed by atoms with Crippen molar-refractivity contribution in [2.24, 2.45) is 0 Å². The first-order chi connectivity index (χ1) is 7.06. The Balaban J connectivity index is 3.26. The number of nitro groups is 1. The van der Waals surface area contributed by atoms with Gasteiger partial charge in [-0.05, 0) is 6.07 Å². The van der Waals surface area contributed by atoms with Gasteiger partial charge in [0.2, 0.25) is 6.41 Å². The van der Waals surface area contributed by atoms with Crippen LogP contribution in [0.3, 0.4) is 0 Å². The first-order valence-electron chi connectivity index (χ1n) is 3.78. The average molecular weight is 210 g/mol. The van der Waals surface area contributed by atoms with Crippen LogP contribution in [0.5, 0.6) is 0 Å². The normalized spacial score (nSPS) is 9.33. The number of carboxylic acid groups (broad SMARTS) is 1. The van der Waals surface area contributed by atoms with E-state index in [4.69, 9.17) is 5.11 Å². The molecule has 0 bridgehead atoms. The molecule has 15 heavy (non-hydrogen) atoms. The Labute approximate surface area is 83.5 Å². The predicted octanol–water partition coefficient (Wildman–Crippen LogP) is 0.861. The molecule has 0 unspecified atom stereocenters. The molecule has 7 nitrogen and oxygen atoms in total. The van der Waals surface area contributed by atoms with Crippen LogP contribution >= 0.6 is 0 Å². The number of nitro benzene ring substituents is 1. The fraction of sp³-hybridized carbons (Fsp3) is 0. The van der Waals surface area contributed by atoms with Gasteiger partial charge in [-0.2, -0.15) is 0 Å². The second-order valence-electron chi connectivity index (χ2n) is 2.55. The van der Waals surface area contributed by atoms with Crippen molar-refractivity contribution >= 4 is 23.8 Å². The molecule has 2 N–H and O–H groups in total. The number of carbonyl (C=O) groups is 2. The predicted molar refractivity (Wildman–Crippen MR) is 49.7 cm³/mol. The van der Waals surface area contributed by atoms with Gasteiger partial charge in [-0.1, -0.05) is 0 Å². The van der Waals surface area contributed by atoms with Gasteiger partial charge in [0, 0.05) is 12.1 Å². The molecule has 0 aromatic heterocycles. The zero-order chi connectivity index (χ0) is 11.4. The minimum absolute atomic E-state index is 0.0168. The van der Waals surface area contributed by atoms with E-state index in [0.29, 0.717) is 6.41 Å². The summed E-state index contributed by atoms with van der Waals surface area (Å²) in [6, 6.07) is 3.16. The van der Waals surface area contributed by atoms with Gasteiger partial charge in [-0.15, -0.1) is 0 Å². The van der Waals surface area contributed by atoms with E-state index in [1.54, 1.807) is 0 Å². The van der Waals surface area contributed by atoms with E-state index in [-0.39, 0.29) is 16.9 Å². The van der Waals surface area contributed by atoms with Gasteiger partial charge < -0.3 is 10.4 Å². The van der Waals surface area contributed by atoms with Crippen LogP contribution in [0, 0.1) is 10.1 Å². The number of non-ortho nitro benzene ring substituents is 1. The highest BCUT2D eigenvalue weighted by Gasteiger charge is 2.15. The lowest BCUT2D eigenvalue weighted by atomic mass is 10.1. The highest BCUT2D eigenvalue weighted by molar-refractivity contribution is 5.97. The second-order valence-corrected chi connectivity index (χ2v) is 2.55. The van der Waals surface area contributed by atoms with Crippen molar-refractivity contribution in [2.45, 2.75) is 0 Å². The van der Waals surface area contributed by atoms with E-state index < -0.39 is 10.9 Å². The molecule has 0 aliphatic carbocycles. The number of aromatic carboxylic acids is 1. The molecule has 78 valence electrons. The van der Waals surface area contributed by atoms with Crippen molar-refractivity contribution in [3.63, 3.8) is 0 Å². The minimum atomic E-state index is -1.34. The van der Waals surface area contributed by atoms with Gasteiger partial charge in [0.15, 0.2) is 0 Å². The summed E-state index contributed by atoms with van der Waals surface area (Å²) in [5.74, 6) is -1.34. The average Bonchev–Trinajstić information content (AvgIpc) is 2.18. The Morgan fingerprint density at radius 1 is 1.53 bits per heavy atom. The van der Waals surface area contributed by atoms with Crippen molar-refractivity contribution in [3.8, 4) is 0 Å². The molecule has 0 fully saturated rings. The molecule has 1 rings (SSSR count). The highest BCUT2D eigenvalue weighted by Crippen LogP contribution is 2.21. The number of rotatable bonds is 4. The molecule has 0 aliphatic rings. The summed E-state index contributed by atoms with van der Waals surface area (Å²) in [5, 5.41) is 21.2. The third kappa shape index (κ3) is 2.27. The van der Waals surface area contributed by atoms with E-state index >= 15 is 0 Å². The number of hydrogen-bond acceptors (Lipinski definition) is 4. The van der Waals surface area contributed by atoms with E-state index in [9.17, 15) is 19.7 Å². The first kappa shape index (κ1) is 10.6. The maximum absolute atomic E-state index is 10.7. The van der Waals surface area contributed by atoms with Gasteiger partial charge in [-0.3, -0.25) is 14.9 Å². The molecule has 0 saturated heterocycles. The van der Waals surface area contributed by atoms with Crippen LogP contribution < -0.4 is 5.32 Å². The van der Waals surface area contributed by atoms with Crippen LogP contribution in [0.4, 0.5) is 11.4 Å². The summed E-state index contributed by atoms with van der Waals surface area (Å²) in [6.07, 6.45) is 0.299. The molecule has 0 aliphatic heterocycles. The molecule has 0 spiro atoms. The van der Waals surface area contributed by atoms with Crippen LogP contribution in [0.15, 0.2) is 18.2 Å². The molecular formula is C8H6N2O5. The molecule has 7 heteroatoms. The summed E-state index contributed by atoms with van der Waals surface area (Å²) >= 11 is 0. The fourth-order valence-corrected chi connectivity index (χ4v) is 1.01. The SMILES string of the molecule is O=CNc1ccc([N+](=O)[O-])cc1C(=O)O. The summed E-state index contributed by atoms with van der Waals surface area (Å²) in [6.45, 7) is 0. The monoisotopic (exact) mass is 210 g/mol. The Morgan fingerprint density at radius 3 is 2.67 bits per heavy atom. The summed E-state index contributed by atoms with van der Waals surface area (Å²) in [7, 11) is 0. The fourth-order valence-electron chi connectivity index (χ4n) is 1.01. The number of carboxylic acids is 1. The lowest BCUT2D eigenvalue weighted by molar-refractivity contribution is -0.384. The smallest absolute Gasteiger partial charge is 0.338 e. The Morgan fingerprint density at radius 2 is 2.20 bits per heavy atom. The third-order valence-corrected chi connectivity index (χ3v) is 1.66. The van der Waals surface area contributed by atoms with Crippen molar-refractivity contribution in [1.82, 2.24) is 0 Å². The number of anilines is 1. The topological polar surface area (TPSA) is 110 Å². The van der Waals surface area contributed by atoms with Crippen LogP contribution in [0.25, 0.3) is 0 Å². The van der Waals surface area contributed by atoms with Gasteiger partial charge >= 0.3 is 5.97 Å². The molecule has 0 atom stereocenters. The summed E-state index contributed by atoms with van der Waals surface area (Å²) in [5.41, 5.74) is -0.650. The number of nitrogens with zero attached hydrogens (tertiary/aromatic N) is 1. The molecule has 1 amide bonds. The van der Waals surface area contributed by atoms with Crippen LogP contribution in [0.2, 0.25) is 0 Å². The van der Waals surface area contributed by atoms with Crippen molar-refractivity contribution in [2.75, 3.05) is 5.32 Å². The molecular weight excluding hydrogens is 204 g/mol. The second kappa shape index (κ2) is 4.18. The Bertz CT molecular complexity index is 429. The van der Waals surface area contributed by atoms with E-state index in [1.807, 2.05) is 0 Å².